The van der Waals surface area contributed by atoms with E-state index in [0.29, 0.717) is 0 Å². The molecule has 0 aliphatic rings. The van der Waals surface area contributed by atoms with Gasteiger partial charge in [-0.15, -0.1) is 0 Å². The number of aliphatic carboxylic acids is 2. The van der Waals surface area contributed by atoms with Gasteiger partial charge in [0.25, 0.3) is 0 Å². The zero-order valence-electron chi connectivity index (χ0n) is 21.1. The Morgan fingerprint density at radius 1 is 0.564 bits per heavy atom. The summed E-state index contributed by atoms with van der Waals surface area (Å²) in [5.74, 6) is -4.13. The van der Waals surface area contributed by atoms with Gasteiger partial charge >= 0.3 is 29.0 Å². The Morgan fingerprint density at radius 3 is 1.08 bits per heavy atom. The summed E-state index contributed by atoms with van der Waals surface area (Å²) in [6.07, 6.45) is 0. The molecule has 0 amide bonds. The maximum atomic E-state index is 10.7. The van der Waals surface area contributed by atoms with E-state index < -0.39 is 23.9 Å². The SMILES string of the molecule is C=C(C)C(=O)O.C=C(C)C(=O)O.O=C([O-])c1cccc2ccccc12.O=C([O-])c1cccc2ccccc12.[Cu+2]. The van der Waals surface area contributed by atoms with Gasteiger partial charge in [0.05, 0.1) is 11.9 Å². The second kappa shape index (κ2) is 16.9. The van der Waals surface area contributed by atoms with Crippen molar-refractivity contribution in [3.63, 3.8) is 0 Å². The van der Waals surface area contributed by atoms with Crippen molar-refractivity contribution in [1.82, 2.24) is 0 Å². The minimum Gasteiger partial charge on any atom is -0.545 e. The van der Waals surface area contributed by atoms with Gasteiger partial charge in [0.2, 0.25) is 0 Å². The number of benzene rings is 4. The summed E-state index contributed by atoms with van der Waals surface area (Å²) < 4.78 is 0. The Kier molecular flexibility index (Phi) is 14.9. The van der Waals surface area contributed by atoms with Gasteiger partial charge in [-0.2, -0.15) is 0 Å². The predicted octanol–water partition coefficient (Wildman–Crippen LogP) is 3.70. The molecule has 39 heavy (non-hydrogen) atoms. The summed E-state index contributed by atoms with van der Waals surface area (Å²) in [5, 5.41) is 40.5. The molecule has 0 saturated carbocycles. The van der Waals surface area contributed by atoms with Crippen LogP contribution in [0.2, 0.25) is 0 Å². The molecule has 0 saturated heterocycles. The van der Waals surface area contributed by atoms with Gasteiger partial charge in [-0.25, -0.2) is 9.59 Å². The summed E-state index contributed by atoms with van der Waals surface area (Å²) in [7, 11) is 0. The first-order chi connectivity index (χ1) is 17.9. The summed E-state index contributed by atoms with van der Waals surface area (Å²) >= 11 is 0. The van der Waals surface area contributed by atoms with Crippen LogP contribution in [0.15, 0.2) is 109 Å². The Hall–Kier alpha value is -4.72. The average molecular weight is 578 g/mol. The number of carboxylic acid groups (broad SMARTS) is 4. The van der Waals surface area contributed by atoms with E-state index in [1.54, 1.807) is 36.4 Å². The molecule has 0 fully saturated rings. The zero-order chi connectivity index (χ0) is 28.8. The van der Waals surface area contributed by atoms with Crippen LogP contribution in [0.3, 0.4) is 0 Å². The maximum Gasteiger partial charge on any atom is 2.00 e. The standard InChI is InChI=1S/2C11H8O2.2C4H6O2.Cu/c2*12-11(13)10-7-3-5-8-4-1-2-6-9(8)10;2*1-3(2)4(5)6;/h2*1-7H,(H,12,13);2*1H2,2H3,(H,5,6);/q;;;;+2/p-2. The minimum absolute atomic E-state index is 0. The molecule has 0 spiro atoms. The van der Waals surface area contributed by atoms with Gasteiger partial charge in [-0.1, -0.05) is 98.1 Å². The first kappa shape index (κ1) is 34.3. The number of hydrogen-bond donors (Lipinski definition) is 2. The third kappa shape index (κ3) is 11.5. The monoisotopic (exact) mass is 577 g/mol. The van der Waals surface area contributed by atoms with Crippen LogP contribution < -0.4 is 10.2 Å². The fourth-order valence-corrected chi connectivity index (χ4v) is 2.81. The molecule has 0 heterocycles. The van der Waals surface area contributed by atoms with E-state index in [4.69, 9.17) is 10.2 Å². The second-order valence-electron chi connectivity index (χ2n) is 7.80. The molecule has 9 heteroatoms. The van der Waals surface area contributed by atoms with Crippen LogP contribution in [-0.2, 0) is 26.7 Å². The largest absolute Gasteiger partial charge is 2.00 e. The van der Waals surface area contributed by atoms with Crippen molar-refractivity contribution in [1.29, 1.82) is 0 Å². The van der Waals surface area contributed by atoms with E-state index in [-0.39, 0.29) is 39.3 Å². The zero-order valence-corrected chi connectivity index (χ0v) is 22.1. The number of carbonyl (C=O) groups is 4. The molecule has 0 aromatic heterocycles. The summed E-state index contributed by atoms with van der Waals surface area (Å²) in [4.78, 5) is 40.6. The van der Waals surface area contributed by atoms with Crippen molar-refractivity contribution in [3.05, 3.63) is 120 Å². The Morgan fingerprint density at radius 2 is 0.821 bits per heavy atom. The van der Waals surface area contributed by atoms with E-state index in [1.165, 1.54) is 13.8 Å². The molecule has 4 rings (SSSR count). The van der Waals surface area contributed by atoms with Crippen LogP contribution in [0.5, 0.6) is 0 Å². The molecule has 8 nitrogen and oxygen atoms in total. The average Bonchev–Trinajstić information content (AvgIpc) is 2.88. The molecule has 205 valence electrons. The maximum absolute atomic E-state index is 10.7. The van der Waals surface area contributed by atoms with Crippen molar-refractivity contribution in [2.45, 2.75) is 13.8 Å². The topological polar surface area (TPSA) is 155 Å². The van der Waals surface area contributed by atoms with Gasteiger partial charge in [-0.05, 0) is 35.4 Å². The summed E-state index contributed by atoms with van der Waals surface area (Å²) in [6, 6.07) is 25.0. The Bertz CT molecular complexity index is 1340. The van der Waals surface area contributed by atoms with Crippen molar-refractivity contribution in [2.24, 2.45) is 0 Å². The van der Waals surface area contributed by atoms with Crippen LogP contribution in [0.4, 0.5) is 0 Å². The van der Waals surface area contributed by atoms with E-state index in [0.717, 1.165) is 21.5 Å². The molecular weight excluding hydrogens is 552 g/mol. The van der Waals surface area contributed by atoms with E-state index in [1.807, 2.05) is 48.5 Å². The number of carbonyl (C=O) groups excluding carboxylic acids is 2. The first-order valence-electron chi connectivity index (χ1n) is 11.0. The van der Waals surface area contributed by atoms with Crippen molar-refractivity contribution in [3.8, 4) is 0 Å². The first-order valence-corrected chi connectivity index (χ1v) is 11.0. The molecule has 0 unspecified atom stereocenters. The van der Waals surface area contributed by atoms with Crippen molar-refractivity contribution in [2.75, 3.05) is 0 Å². The molecule has 0 atom stereocenters. The van der Waals surface area contributed by atoms with Crippen LogP contribution in [0.1, 0.15) is 34.6 Å². The number of aromatic carboxylic acids is 2. The predicted molar refractivity (Wildman–Crippen MR) is 141 cm³/mol. The molecule has 0 aliphatic heterocycles. The summed E-state index contributed by atoms with van der Waals surface area (Å²) in [6.45, 7) is 9.20. The quantitative estimate of drug-likeness (QED) is 0.275. The van der Waals surface area contributed by atoms with Gasteiger partial charge < -0.3 is 30.0 Å². The van der Waals surface area contributed by atoms with Crippen LogP contribution in [-0.4, -0.2) is 34.1 Å². The third-order valence-electron chi connectivity index (χ3n) is 4.75. The van der Waals surface area contributed by atoms with Gasteiger partial charge in [-0.3, -0.25) is 0 Å². The third-order valence-corrected chi connectivity index (χ3v) is 4.75. The van der Waals surface area contributed by atoms with Gasteiger partial charge in [0, 0.05) is 22.3 Å². The van der Waals surface area contributed by atoms with E-state index in [9.17, 15) is 29.4 Å². The van der Waals surface area contributed by atoms with Crippen LogP contribution >= 0.6 is 0 Å². The molecule has 0 bridgehead atoms. The molecular formula is C30H26CuO8. The molecule has 4 aromatic carbocycles. The number of carboxylic acids is 4. The smallest absolute Gasteiger partial charge is 0.545 e. The van der Waals surface area contributed by atoms with E-state index in [2.05, 4.69) is 13.2 Å². The fourth-order valence-electron chi connectivity index (χ4n) is 2.81. The van der Waals surface area contributed by atoms with Crippen molar-refractivity contribution >= 4 is 45.4 Å². The second-order valence-corrected chi connectivity index (χ2v) is 7.80. The molecule has 2 N–H and O–H groups in total. The number of hydrogen-bond acceptors (Lipinski definition) is 6. The minimum atomic E-state index is -1.13. The molecule has 0 aliphatic carbocycles. The number of fused-ring (bicyclic) bond motifs is 2. The van der Waals surface area contributed by atoms with Crippen LogP contribution in [0, 0.1) is 0 Å². The molecule has 4 aromatic rings. The van der Waals surface area contributed by atoms with Gasteiger partial charge in [0.1, 0.15) is 0 Å². The molecule has 1 radical (unpaired) electrons. The Labute approximate surface area is 236 Å². The Balaban J connectivity index is 0.000000524. The van der Waals surface area contributed by atoms with Gasteiger partial charge in [0.15, 0.2) is 0 Å². The van der Waals surface area contributed by atoms with Crippen molar-refractivity contribution < 1.29 is 56.7 Å². The number of rotatable bonds is 4. The fraction of sp³-hybridized carbons (Fsp3) is 0.0667. The van der Waals surface area contributed by atoms with Crippen LogP contribution in [0.25, 0.3) is 21.5 Å². The van der Waals surface area contributed by atoms with E-state index >= 15 is 0 Å². The normalized spacial score (nSPS) is 9.08. The summed E-state index contributed by atoms with van der Waals surface area (Å²) in [5.41, 5.74) is 0.848.